The van der Waals surface area contributed by atoms with Gasteiger partial charge in [-0.05, 0) is 25.7 Å². The fourth-order valence-corrected chi connectivity index (χ4v) is 2.68. The second-order valence-corrected chi connectivity index (χ2v) is 4.46. The van der Waals surface area contributed by atoms with E-state index in [1.807, 2.05) is 6.92 Å². The van der Waals surface area contributed by atoms with Crippen LogP contribution in [0.5, 0.6) is 0 Å². The van der Waals surface area contributed by atoms with E-state index in [1.54, 1.807) is 0 Å². The Bertz CT molecular complexity index is 238. The average Bonchev–Trinajstić information content (AvgIpc) is 1.99. The molecule has 0 aromatic rings. The van der Waals surface area contributed by atoms with Crippen molar-refractivity contribution in [1.82, 2.24) is 0 Å². The molecule has 1 heterocycles. The number of fused-ring (bicyclic) bond motifs is 1. The lowest BCUT2D eigenvalue weighted by Gasteiger charge is -2.41. The number of hydrogen-bond acceptors (Lipinski definition) is 4. The number of carbonyl (C=O) groups excluding carboxylic acids is 1. The minimum absolute atomic E-state index is 0.0822. The van der Waals surface area contributed by atoms with Gasteiger partial charge >= 0.3 is 5.97 Å². The number of rotatable bonds is 0. The summed E-state index contributed by atoms with van der Waals surface area (Å²) in [5, 5.41) is 19.1. The molecule has 0 radical (unpaired) electrons. The van der Waals surface area contributed by atoms with E-state index >= 15 is 0 Å². The summed E-state index contributed by atoms with van der Waals surface area (Å²) in [6, 6.07) is 0. The van der Waals surface area contributed by atoms with Gasteiger partial charge in [0.1, 0.15) is 0 Å². The van der Waals surface area contributed by atoms with Gasteiger partial charge in [-0.15, -0.1) is 0 Å². The van der Waals surface area contributed by atoms with E-state index in [9.17, 15) is 15.0 Å². The van der Waals surface area contributed by atoms with Gasteiger partial charge in [0.05, 0.1) is 24.2 Å². The van der Waals surface area contributed by atoms with Crippen molar-refractivity contribution in [2.75, 3.05) is 0 Å². The molecule has 2 rings (SSSR count). The zero-order chi connectivity index (χ0) is 10.3. The van der Waals surface area contributed by atoms with Crippen molar-refractivity contribution in [3.05, 3.63) is 0 Å². The maximum Gasteiger partial charge on any atom is 0.312 e. The molecule has 5 unspecified atom stereocenters. The number of aliphatic hydroxyl groups excluding tert-OH is 2. The van der Waals surface area contributed by atoms with Crippen LogP contribution in [-0.2, 0) is 9.53 Å². The maximum atomic E-state index is 11.5. The lowest BCUT2D eigenvalue weighted by Crippen LogP contribution is -2.48. The van der Waals surface area contributed by atoms with Crippen molar-refractivity contribution in [3.8, 4) is 0 Å². The summed E-state index contributed by atoms with van der Waals surface area (Å²) in [6.45, 7) is 1.85. The molecule has 4 heteroatoms. The van der Waals surface area contributed by atoms with Crippen molar-refractivity contribution < 1.29 is 19.7 Å². The smallest absolute Gasteiger partial charge is 0.312 e. The molecule has 0 spiro atoms. The zero-order valence-electron chi connectivity index (χ0n) is 8.22. The van der Waals surface area contributed by atoms with Gasteiger partial charge in [0.2, 0.25) is 0 Å². The predicted molar refractivity (Wildman–Crippen MR) is 48.4 cm³/mol. The van der Waals surface area contributed by atoms with Crippen LogP contribution in [0.2, 0.25) is 0 Å². The van der Waals surface area contributed by atoms with Gasteiger partial charge in [0, 0.05) is 6.42 Å². The highest BCUT2D eigenvalue weighted by molar-refractivity contribution is 5.74. The summed E-state index contributed by atoms with van der Waals surface area (Å²) < 4.78 is 5.08. The lowest BCUT2D eigenvalue weighted by molar-refractivity contribution is -0.177. The van der Waals surface area contributed by atoms with Gasteiger partial charge in [0.25, 0.3) is 0 Å². The van der Waals surface area contributed by atoms with Gasteiger partial charge < -0.3 is 14.9 Å². The van der Waals surface area contributed by atoms with E-state index < -0.39 is 18.1 Å². The molecule has 4 nitrogen and oxygen atoms in total. The summed E-state index contributed by atoms with van der Waals surface area (Å²) in [5.74, 6) is -0.618. The van der Waals surface area contributed by atoms with Crippen molar-refractivity contribution >= 4 is 5.97 Å². The summed E-state index contributed by atoms with van der Waals surface area (Å²) in [6.07, 6.45) is 0.380. The topological polar surface area (TPSA) is 66.8 Å². The minimum atomic E-state index is -0.733. The van der Waals surface area contributed by atoms with Crippen LogP contribution in [0.15, 0.2) is 0 Å². The molecule has 5 atom stereocenters. The Kier molecular flexibility index (Phi) is 2.49. The molecule has 14 heavy (non-hydrogen) atoms. The lowest BCUT2D eigenvalue weighted by atomic mass is 9.72. The number of cyclic esters (lactones) is 1. The monoisotopic (exact) mass is 200 g/mol. The number of ether oxygens (including phenoxy) is 1. The second-order valence-electron chi connectivity index (χ2n) is 4.46. The molecule has 2 fully saturated rings. The van der Waals surface area contributed by atoms with Crippen LogP contribution < -0.4 is 0 Å². The number of carbonyl (C=O) groups is 1. The molecule has 0 bridgehead atoms. The Balaban J connectivity index is 2.14. The summed E-state index contributed by atoms with van der Waals surface area (Å²) >= 11 is 0. The van der Waals surface area contributed by atoms with E-state index in [-0.39, 0.29) is 18.0 Å². The first-order valence-corrected chi connectivity index (χ1v) is 5.14. The Morgan fingerprint density at radius 2 is 2.00 bits per heavy atom. The summed E-state index contributed by atoms with van der Waals surface area (Å²) in [5.41, 5.74) is 0. The number of hydrogen-bond donors (Lipinski definition) is 2. The Morgan fingerprint density at radius 1 is 1.29 bits per heavy atom. The number of aliphatic hydroxyl groups is 2. The molecule has 0 aromatic heterocycles. The zero-order valence-corrected chi connectivity index (χ0v) is 8.22. The standard InChI is InChI=1S/C10H16O4/c1-5-2-6-3-7(11)4-8(12)9(6)10(13)14-5/h5-9,11-12H,2-4H2,1H3. The van der Waals surface area contributed by atoms with Gasteiger partial charge in [-0.3, -0.25) is 4.79 Å². The molecule has 1 saturated heterocycles. The Morgan fingerprint density at radius 3 is 2.71 bits per heavy atom. The molecule has 1 aliphatic carbocycles. The third kappa shape index (κ3) is 1.64. The molecule has 1 saturated carbocycles. The highest BCUT2D eigenvalue weighted by Gasteiger charge is 2.45. The second kappa shape index (κ2) is 3.51. The SMILES string of the molecule is CC1CC2CC(O)CC(O)C2C(=O)O1. The Hall–Kier alpha value is -0.610. The quantitative estimate of drug-likeness (QED) is 0.543. The average molecular weight is 200 g/mol. The van der Waals surface area contributed by atoms with Crippen LogP contribution in [0.3, 0.4) is 0 Å². The van der Waals surface area contributed by atoms with Crippen LogP contribution in [0, 0.1) is 11.8 Å². The first-order chi connectivity index (χ1) is 6.58. The van der Waals surface area contributed by atoms with Gasteiger partial charge in [-0.25, -0.2) is 0 Å². The van der Waals surface area contributed by atoms with Crippen LogP contribution in [0.25, 0.3) is 0 Å². The van der Waals surface area contributed by atoms with Crippen molar-refractivity contribution in [1.29, 1.82) is 0 Å². The molecule has 80 valence electrons. The molecular formula is C10H16O4. The van der Waals surface area contributed by atoms with E-state index in [2.05, 4.69) is 0 Å². The molecule has 2 aliphatic rings. The molecule has 2 N–H and O–H groups in total. The van der Waals surface area contributed by atoms with Crippen LogP contribution in [-0.4, -0.2) is 34.5 Å². The van der Waals surface area contributed by atoms with Gasteiger partial charge in [0.15, 0.2) is 0 Å². The Labute approximate surface area is 82.9 Å². The third-order valence-corrected chi connectivity index (χ3v) is 3.23. The van der Waals surface area contributed by atoms with E-state index in [1.165, 1.54) is 0 Å². The fraction of sp³-hybridized carbons (Fsp3) is 0.900. The van der Waals surface area contributed by atoms with Crippen LogP contribution in [0.4, 0.5) is 0 Å². The highest BCUT2D eigenvalue weighted by atomic mass is 16.5. The van der Waals surface area contributed by atoms with Crippen LogP contribution >= 0.6 is 0 Å². The molecular weight excluding hydrogens is 184 g/mol. The first kappa shape index (κ1) is 9.93. The summed E-state index contributed by atoms with van der Waals surface area (Å²) in [7, 11) is 0. The predicted octanol–water partition coefficient (Wildman–Crippen LogP) is 0.0698. The highest BCUT2D eigenvalue weighted by Crippen LogP contribution is 2.38. The van der Waals surface area contributed by atoms with Crippen LogP contribution in [0.1, 0.15) is 26.2 Å². The van der Waals surface area contributed by atoms with E-state index in [4.69, 9.17) is 4.74 Å². The molecule has 0 amide bonds. The van der Waals surface area contributed by atoms with E-state index in [0.717, 1.165) is 6.42 Å². The first-order valence-electron chi connectivity index (χ1n) is 5.14. The normalized spacial score (nSPS) is 48.2. The maximum absolute atomic E-state index is 11.5. The van der Waals surface area contributed by atoms with Crippen molar-refractivity contribution in [3.63, 3.8) is 0 Å². The minimum Gasteiger partial charge on any atom is -0.462 e. The van der Waals surface area contributed by atoms with Crippen molar-refractivity contribution in [2.24, 2.45) is 11.8 Å². The number of esters is 1. The van der Waals surface area contributed by atoms with Crippen molar-refractivity contribution in [2.45, 2.75) is 44.5 Å². The fourth-order valence-electron chi connectivity index (χ4n) is 2.68. The largest absolute Gasteiger partial charge is 0.462 e. The molecule has 0 aromatic carbocycles. The van der Waals surface area contributed by atoms with E-state index in [0.29, 0.717) is 12.8 Å². The van der Waals surface area contributed by atoms with Gasteiger partial charge in [-0.1, -0.05) is 0 Å². The summed E-state index contributed by atoms with van der Waals surface area (Å²) in [4.78, 5) is 11.5. The third-order valence-electron chi connectivity index (χ3n) is 3.23. The molecule has 1 aliphatic heterocycles. The van der Waals surface area contributed by atoms with Gasteiger partial charge in [-0.2, -0.15) is 0 Å².